The molecule has 14 heavy (non-hydrogen) atoms. The number of H-pyrrole nitrogens is 1. The van der Waals surface area contributed by atoms with Crippen molar-refractivity contribution in [1.82, 2.24) is 4.98 Å². The lowest BCUT2D eigenvalue weighted by molar-refractivity contribution is 0.954. The summed E-state index contributed by atoms with van der Waals surface area (Å²) in [5, 5.41) is 1.34. The van der Waals surface area contributed by atoms with E-state index in [1.165, 1.54) is 22.0 Å². The number of rotatable bonds is 3. The van der Waals surface area contributed by atoms with E-state index in [0.29, 0.717) is 0 Å². The number of aryl methyl sites for hydroxylation is 1. The maximum absolute atomic E-state index is 3.93. The third kappa shape index (κ3) is 1.72. The lowest BCUT2D eigenvalue weighted by atomic mass is 10.0. The van der Waals surface area contributed by atoms with E-state index in [9.17, 15) is 0 Å². The third-order valence-corrected chi connectivity index (χ3v) is 2.51. The summed E-state index contributed by atoms with van der Waals surface area (Å²) in [5.41, 5.74) is 3.88. The molecule has 1 aromatic heterocycles. The van der Waals surface area contributed by atoms with Crippen LogP contribution in [-0.4, -0.2) is 4.98 Å². The van der Waals surface area contributed by atoms with E-state index in [2.05, 4.69) is 42.8 Å². The molecule has 0 bridgehead atoms. The van der Waals surface area contributed by atoms with Crippen LogP contribution in [0.25, 0.3) is 10.9 Å². The van der Waals surface area contributed by atoms with E-state index in [1.807, 2.05) is 6.20 Å². The Morgan fingerprint density at radius 1 is 1.36 bits per heavy atom. The van der Waals surface area contributed by atoms with Gasteiger partial charge in [0.25, 0.3) is 0 Å². The Balaban J connectivity index is 2.32. The number of hydrogen-bond donors (Lipinski definition) is 1. The molecule has 2 rings (SSSR count). The van der Waals surface area contributed by atoms with E-state index in [-0.39, 0.29) is 0 Å². The van der Waals surface area contributed by atoms with E-state index in [1.54, 1.807) is 0 Å². The van der Waals surface area contributed by atoms with Gasteiger partial charge >= 0.3 is 0 Å². The topological polar surface area (TPSA) is 15.8 Å². The first-order valence-electron chi connectivity index (χ1n) is 4.97. The zero-order chi connectivity index (χ0) is 9.97. The van der Waals surface area contributed by atoms with Crippen LogP contribution in [0, 0.1) is 0 Å². The third-order valence-electron chi connectivity index (χ3n) is 2.51. The van der Waals surface area contributed by atoms with Crippen molar-refractivity contribution in [3.63, 3.8) is 0 Å². The maximum Gasteiger partial charge on any atom is 0.0456 e. The Morgan fingerprint density at radius 3 is 3.00 bits per heavy atom. The highest BCUT2D eigenvalue weighted by molar-refractivity contribution is 5.82. The van der Waals surface area contributed by atoms with Crippen LogP contribution in [0.5, 0.6) is 0 Å². The molecule has 1 heterocycles. The molecule has 1 heteroatoms. The molecule has 0 amide bonds. The predicted octanol–water partition coefficient (Wildman–Crippen LogP) is 3.68. The average molecular weight is 185 g/mol. The van der Waals surface area contributed by atoms with Gasteiger partial charge in [0.2, 0.25) is 0 Å². The molecule has 0 aliphatic rings. The summed E-state index contributed by atoms with van der Waals surface area (Å²) < 4.78 is 0. The van der Waals surface area contributed by atoms with Crippen LogP contribution in [0.1, 0.15) is 18.9 Å². The Kier molecular flexibility index (Phi) is 2.40. The SMILES string of the molecule is C=C(C)CCc1cccc2[nH]ccc12. The second-order valence-corrected chi connectivity index (χ2v) is 3.81. The molecule has 2 aromatic rings. The van der Waals surface area contributed by atoms with Gasteiger partial charge in [0.1, 0.15) is 0 Å². The summed E-state index contributed by atoms with van der Waals surface area (Å²) in [7, 11) is 0. The second-order valence-electron chi connectivity index (χ2n) is 3.81. The van der Waals surface area contributed by atoms with Gasteiger partial charge in [-0.15, -0.1) is 6.58 Å². The number of aromatic amines is 1. The van der Waals surface area contributed by atoms with Crippen molar-refractivity contribution in [2.24, 2.45) is 0 Å². The molecule has 0 aliphatic carbocycles. The van der Waals surface area contributed by atoms with Gasteiger partial charge < -0.3 is 4.98 Å². The Bertz CT molecular complexity index is 451. The normalized spacial score (nSPS) is 10.6. The summed E-state index contributed by atoms with van der Waals surface area (Å²) in [6.45, 7) is 6.01. The fraction of sp³-hybridized carbons (Fsp3) is 0.231. The largest absolute Gasteiger partial charge is 0.361 e. The standard InChI is InChI=1S/C13H15N/c1-10(2)6-7-11-4-3-5-13-12(11)8-9-14-13/h3-5,8-9,14H,1,6-7H2,2H3. The molecule has 72 valence electrons. The highest BCUT2D eigenvalue weighted by atomic mass is 14.7. The van der Waals surface area contributed by atoms with Crippen molar-refractivity contribution in [3.05, 3.63) is 48.2 Å². The number of nitrogens with one attached hydrogen (secondary N) is 1. The first-order chi connectivity index (χ1) is 6.77. The summed E-state index contributed by atoms with van der Waals surface area (Å²) in [6.07, 6.45) is 4.16. The van der Waals surface area contributed by atoms with Gasteiger partial charge in [0.05, 0.1) is 0 Å². The molecule has 0 saturated heterocycles. The minimum absolute atomic E-state index is 1.07. The highest BCUT2D eigenvalue weighted by Gasteiger charge is 2.00. The van der Waals surface area contributed by atoms with Crippen molar-refractivity contribution in [3.8, 4) is 0 Å². The molecule has 0 fully saturated rings. The van der Waals surface area contributed by atoms with Crippen LogP contribution in [0.4, 0.5) is 0 Å². The van der Waals surface area contributed by atoms with Gasteiger partial charge in [-0.3, -0.25) is 0 Å². The number of allylic oxidation sites excluding steroid dienone is 1. The van der Waals surface area contributed by atoms with Crippen LogP contribution >= 0.6 is 0 Å². The molecule has 1 N–H and O–H groups in total. The molecule has 0 aliphatic heterocycles. The molecule has 1 nitrogen and oxygen atoms in total. The van der Waals surface area contributed by atoms with Crippen LogP contribution in [-0.2, 0) is 6.42 Å². The van der Waals surface area contributed by atoms with Gasteiger partial charge in [0.15, 0.2) is 0 Å². The lowest BCUT2D eigenvalue weighted by Gasteiger charge is -2.02. The summed E-state index contributed by atoms with van der Waals surface area (Å²) in [4.78, 5) is 3.23. The first kappa shape index (κ1) is 9.07. The van der Waals surface area contributed by atoms with Crippen LogP contribution in [0.15, 0.2) is 42.6 Å². The molecular formula is C13H15N. The van der Waals surface area contributed by atoms with Crippen molar-refractivity contribution in [2.45, 2.75) is 19.8 Å². The highest BCUT2D eigenvalue weighted by Crippen LogP contribution is 2.19. The van der Waals surface area contributed by atoms with Gasteiger partial charge in [-0.05, 0) is 37.5 Å². The van der Waals surface area contributed by atoms with Gasteiger partial charge in [-0.25, -0.2) is 0 Å². The minimum Gasteiger partial charge on any atom is -0.361 e. The van der Waals surface area contributed by atoms with Crippen LogP contribution in [0.2, 0.25) is 0 Å². The summed E-state index contributed by atoms with van der Waals surface area (Å²) in [5.74, 6) is 0. The van der Waals surface area contributed by atoms with Gasteiger partial charge in [-0.1, -0.05) is 17.7 Å². The average Bonchev–Trinajstić information content (AvgIpc) is 2.62. The van der Waals surface area contributed by atoms with E-state index in [0.717, 1.165) is 12.8 Å². The summed E-state index contributed by atoms with van der Waals surface area (Å²) in [6, 6.07) is 8.55. The zero-order valence-corrected chi connectivity index (χ0v) is 8.51. The van der Waals surface area contributed by atoms with E-state index >= 15 is 0 Å². The predicted molar refractivity (Wildman–Crippen MR) is 61.4 cm³/mol. The van der Waals surface area contributed by atoms with Gasteiger partial charge in [-0.2, -0.15) is 0 Å². The smallest absolute Gasteiger partial charge is 0.0456 e. The number of benzene rings is 1. The van der Waals surface area contributed by atoms with Crippen molar-refractivity contribution in [1.29, 1.82) is 0 Å². The van der Waals surface area contributed by atoms with E-state index in [4.69, 9.17) is 0 Å². The molecule has 0 spiro atoms. The molecular weight excluding hydrogens is 170 g/mol. The quantitative estimate of drug-likeness (QED) is 0.702. The van der Waals surface area contributed by atoms with Crippen molar-refractivity contribution >= 4 is 10.9 Å². The summed E-state index contributed by atoms with van der Waals surface area (Å²) >= 11 is 0. The molecule has 0 atom stereocenters. The maximum atomic E-state index is 3.93. The number of fused-ring (bicyclic) bond motifs is 1. The molecule has 0 unspecified atom stereocenters. The fourth-order valence-corrected chi connectivity index (χ4v) is 1.72. The molecule has 0 radical (unpaired) electrons. The molecule has 0 saturated carbocycles. The lowest BCUT2D eigenvalue weighted by Crippen LogP contribution is -1.86. The zero-order valence-electron chi connectivity index (χ0n) is 8.51. The fourth-order valence-electron chi connectivity index (χ4n) is 1.72. The van der Waals surface area contributed by atoms with E-state index < -0.39 is 0 Å². The Hall–Kier alpha value is -1.50. The van der Waals surface area contributed by atoms with Crippen LogP contribution in [0.3, 0.4) is 0 Å². The second kappa shape index (κ2) is 3.70. The van der Waals surface area contributed by atoms with Crippen LogP contribution < -0.4 is 0 Å². The van der Waals surface area contributed by atoms with Crippen molar-refractivity contribution in [2.75, 3.05) is 0 Å². The number of hydrogen-bond acceptors (Lipinski definition) is 0. The minimum atomic E-state index is 1.07. The number of aromatic nitrogens is 1. The van der Waals surface area contributed by atoms with Crippen molar-refractivity contribution < 1.29 is 0 Å². The molecule has 1 aromatic carbocycles. The Morgan fingerprint density at radius 2 is 2.21 bits per heavy atom. The monoisotopic (exact) mass is 185 g/mol. The Labute approximate surface area is 84.5 Å². The van der Waals surface area contributed by atoms with Gasteiger partial charge in [0, 0.05) is 17.1 Å². The first-order valence-corrected chi connectivity index (χ1v) is 4.97.